The van der Waals surface area contributed by atoms with Crippen LogP contribution in [-0.4, -0.2) is 36.2 Å². The summed E-state index contributed by atoms with van der Waals surface area (Å²) in [6.07, 6.45) is 6.80. The first-order chi connectivity index (χ1) is 18.1. The lowest BCUT2D eigenvalue weighted by Gasteiger charge is -2.39. The predicted molar refractivity (Wildman–Crippen MR) is 154 cm³/mol. The normalized spacial score (nSPS) is 16.6. The maximum atomic E-state index is 12.5. The Hall–Kier alpha value is -2.59. The highest BCUT2D eigenvalue weighted by atomic mass is 35.5. The maximum absolute atomic E-state index is 12.5. The summed E-state index contributed by atoms with van der Waals surface area (Å²) in [7, 11) is 0. The van der Waals surface area contributed by atoms with E-state index in [1.807, 2.05) is 18.3 Å². The summed E-state index contributed by atoms with van der Waals surface area (Å²) in [6.45, 7) is 2.81. The third-order valence-electron chi connectivity index (χ3n) is 7.93. The minimum atomic E-state index is -0.222. The Labute approximate surface area is 228 Å². The lowest BCUT2D eigenvalue weighted by Crippen LogP contribution is -2.47. The molecule has 37 heavy (non-hydrogen) atoms. The Balaban J connectivity index is 1.38. The molecule has 0 bridgehead atoms. The quantitative estimate of drug-likeness (QED) is 0.252. The molecular weight excluding hydrogens is 502 g/mol. The van der Waals surface area contributed by atoms with Crippen LogP contribution in [0.3, 0.4) is 0 Å². The summed E-state index contributed by atoms with van der Waals surface area (Å²) >= 11 is 13.0. The average molecular weight is 534 g/mol. The van der Waals surface area contributed by atoms with Crippen LogP contribution in [0.5, 0.6) is 0 Å². The number of alkyl halides is 1. The summed E-state index contributed by atoms with van der Waals surface area (Å²) < 4.78 is 12.5. The van der Waals surface area contributed by atoms with Crippen LogP contribution in [0.4, 0.5) is 4.39 Å². The summed E-state index contributed by atoms with van der Waals surface area (Å²) in [5.41, 5.74) is 10.1. The van der Waals surface area contributed by atoms with Crippen molar-refractivity contribution in [1.29, 1.82) is 0 Å². The SMILES string of the molecule is FCCCN1CC(Cc2ccc(C3=C(c4ccc(Cl)cc4Cl)CCCc4c3ccc3[nH]ccc43)cc2)C1. The van der Waals surface area contributed by atoms with Gasteiger partial charge in [0.1, 0.15) is 0 Å². The molecule has 0 amide bonds. The molecule has 2 heterocycles. The topological polar surface area (TPSA) is 19.0 Å². The van der Waals surface area contributed by atoms with Crippen LogP contribution in [0, 0.1) is 5.92 Å². The summed E-state index contributed by atoms with van der Waals surface area (Å²) in [5, 5.41) is 2.66. The van der Waals surface area contributed by atoms with Gasteiger partial charge in [0.2, 0.25) is 0 Å². The molecule has 1 N–H and O–H groups in total. The zero-order chi connectivity index (χ0) is 25.4. The summed E-state index contributed by atoms with van der Waals surface area (Å²) in [6, 6.07) is 21.7. The number of rotatable bonds is 7. The van der Waals surface area contributed by atoms with E-state index < -0.39 is 0 Å². The summed E-state index contributed by atoms with van der Waals surface area (Å²) in [5.74, 6) is 0.661. The van der Waals surface area contributed by atoms with Gasteiger partial charge in [-0.1, -0.05) is 59.6 Å². The molecule has 2 nitrogen and oxygen atoms in total. The van der Waals surface area contributed by atoms with E-state index in [0.717, 1.165) is 50.9 Å². The van der Waals surface area contributed by atoms with Gasteiger partial charge in [-0.15, -0.1) is 0 Å². The Morgan fingerprint density at radius 3 is 2.51 bits per heavy atom. The minimum absolute atomic E-state index is 0.222. The minimum Gasteiger partial charge on any atom is -0.361 e. The fourth-order valence-corrected chi connectivity index (χ4v) is 6.70. The van der Waals surface area contributed by atoms with Crippen molar-refractivity contribution < 1.29 is 4.39 Å². The monoisotopic (exact) mass is 532 g/mol. The van der Waals surface area contributed by atoms with Gasteiger partial charge in [0.15, 0.2) is 0 Å². The van der Waals surface area contributed by atoms with Crippen molar-refractivity contribution >= 4 is 45.3 Å². The molecule has 6 rings (SSSR count). The number of likely N-dealkylation sites (tertiary alicyclic amines) is 1. The zero-order valence-electron chi connectivity index (χ0n) is 20.9. The van der Waals surface area contributed by atoms with E-state index in [2.05, 4.69) is 58.4 Å². The number of allylic oxidation sites excluding steroid dienone is 1. The average Bonchev–Trinajstić information content (AvgIpc) is 3.27. The molecule has 3 aromatic carbocycles. The second-order valence-electron chi connectivity index (χ2n) is 10.4. The molecule has 0 radical (unpaired) electrons. The van der Waals surface area contributed by atoms with Gasteiger partial charge < -0.3 is 9.88 Å². The molecule has 4 aromatic rings. The van der Waals surface area contributed by atoms with Crippen LogP contribution in [0.25, 0.3) is 22.0 Å². The lowest BCUT2D eigenvalue weighted by atomic mass is 9.86. The van der Waals surface area contributed by atoms with Gasteiger partial charge in [-0.25, -0.2) is 0 Å². The smallest absolute Gasteiger partial charge is 0.0906 e. The number of nitrogens with one attached hydrogen (secondary N) is 1. The number of hydrogen-bond donors (Lipinski definition) is 1. The van der Waals surface area contributed by atoms with E-state index in [1.165, 1.54) is 44.3 Å². The van der Waals surface area contributed by atoms with Crippen LogP contribution in [-0.2, 0) is 12.8 Å². The van der Waals surface area contributed by atoms with E-state index in [9.17, 15) is 4.39 Å². The van der Waals surface area contributed by atoms with Crippen molar-refractivity contribution in [3.05, 3.63) is 105 Å². The molecule has 2 aliphatic rings. The molecule has 1 fully saturated rings. The van der Waals surface area contributed by atoms with E-state index in [4.69, 9.17) is 23.2 Å². The van der Waals surface area contributed by atoms with Gasteiger partial charge in [0, 0.05) is 46.8 Å². The standard InChI is InChI=1S/C32H31Cl2FN2/c33-24-9-10-26(30(34)18-24)28-4-1-3-25-27-13-15-36-31(27)12-11-29(25)32(28)23-7-5-21(6-8-23)17-22-19-37(20-22)16-2-14-35/h5-13,15,18,22,36H,1-4,14,16-17,19-20H2. The Bertz CT molecular complexity index is 1450. The highest BCUT2D eigenvalue weighted by molar-refractivity contribution is 6.36. The Morgan fingerprint density at radius 2 is 1.73 bits per heavy atom. The molecule has 0 spiro atoms. The number of fused-ring (bicyclic) bond motifs is 3. The fraction of sp³-hybridized carbons (Fsp3) is 0.312. The molecule has 1 aromatic heterocycles. The second-order valence-corrected chi connectivity index (χ2v) is 11.3. The van der Waals surface area contributed by atoms with Gasteiger partial charge in [0.25, 0.3) is 0 Å². The third-order valence-corrected chi connectivity index (χ3v) is 8.48. The van der Waals surface area contributed by atoms with Crippen molar-refractivity contribution in [1.82, 2.24) is 9.88 Å². The van der Waals surface area contributed by atoms with Crippen molar-refractivity contribution in [2.45, 2.75) is 32.1 Å². The highest BCUT2D eigenvalue weighted by Gasteiger charge is 2.27. The third kappa shape index (κ3) is 4.97. The van der Waals surface area contributed by atoms with Crippen molar-refractivity contribution in [2.24, 2.45) is 5.92 Å². The Kier molecular flexibility index (Phi) is 7.12. The van der Waals surface area contributed by atoms with Crippen molar-refractivity contribution in [3.8, 4) is 0 Å². The van der Waals surface area contributed by atoms with Crippen LogP contribution in [0.1, 0.15) is 47.1 Å². The number of aromatic nitrogens is 1. The van der Waals surface area contributed by atoms with Crippen molar-refractivity contribution in [2.75, 3.05) is 26.3 Å². The number of benzene rings is 3. The predicted octanol–water partition coefficient (Wildman–Crippen LogP) is 8.60. The molecule has 0 unspecified atom stereocenters. The molecule has 1 saturated heterocycles. The highest BCUT2D eigenvalue weighted by Crippen LogP contribution is 2.43. The molecular formula is C32H31Cl2FN2. The molecule has 0 atom stereocenters. The van der Waals surface area contributed by atoms with Gasteiger partial charge in [-0.2, -0.15) is 0 Å². The number of halogens is 3. The first-order valence-corrected chi connectivity index (χ1v) is 14.0. The number of hydrogen-bond acceptors (Lipinski definition) is 1. The first kappa shape index (κ1) is 24.7. The van der Waals surface area contributed by atoms with Gasteiger partial charge >= 0.3 is 0 Å². The van der Waals surface area contributed by atoms with Gasteiger partial charge in [-0.05, 0) is 101 Å². The molecule has 0 saturated carbocycles. The van der Waals surface area contributed by atoms with Crippen LogP contribution in [0.15, 0.2) is 66.9 Å². The lowest BCUT2D eigenvalue weighted by molar-refractivity contribution is 0.0968. The summed E-state index contributed by atoms with van der Waals surface area (Å²) in [4.78, 5) is 5.74. The number of aryl methyl sites for hydroxylation is 1. The first-order valence-electron chi connectivity index (χ1n) is 13.3. The van der Waals surface area contributed by atoms with Gasteiger partial charge in [0.05, 0.1) is 6.67 Å². The number of H-pyrrole nitrogens is 1. The van der Waals surface area contributed by atoms with E-state index in [0.29, 0.717) is 22.4 Å². The number of nitrogens with zero attached hydrogens (tertiary/aromatic N) is 1. The second kappa shape index (κ2) is 10.6. The van der Waals surface area contributed by atoms with Crippen molar-refractivity contribution in [3.63, 3.8) is 0 Å². The van der Waals surface area contributed by atoms with Crippen LogP contribution < -0.4 is 0 Å². The Morgan fingerprint density at radius 1 is 0.919 bits per heavy atom. The zero-order valence-corrected chi connectivity index (χ0v) is 22.4. The number of aromatic amines is 1. The molecule has 5 heteroatoms. The maximum Gasteiger partial charge on any atom is 0.0906 e. The molecule has 1 aliphatic heterocycles. The molecule has 190 valence electrons. The van der Waals surface area contributed by atoms with E-state index >= 15 is 0 Å². The van der Waals surface area contributed by atoms with Crippen LogP contribution in [0.2, 0.25) is 10.0 Å². The largest absolute Gasteiger partial charge is 0.361 e. The van der Waals surface area contributed by atoms with E-state index in [1.54, 1.807) is 0 Å². The van der Waals surface area contributed by atoms with Gasteiger partial charge in [-0.3, -0.25) is 4.39 Å². The fourth-order valence-electron chi connectivity index (χ4n) is 6.17. The molecule has 1 aliphatic carbocycles. The van der Waals surface area contributed by atoms with Crippen LogP contribution >= 0.6 is 23.2 Å². The van der Waals surface area contributed by atoms with E-state index in [-0.39, 0.29) is 6.67 Å².